The van der Waals surface area contributed by atoms with Gasteiger partial charge in [-0.15, -0.1) is 5.10 Å². The third-order valence-corrected chi connectivity index (χ3v) is 8.95. The SMILES string of the molecule is O=COCc1ccc(-c2cc3nc(c2)Cn2nncc2-c2cccc(n2)CN2CCN(CC(=O)O)CCN(CCN(CC(=O)O)CC2)C3)cc1.[Lu]. The zero-order chi connectivity index (χ0) is 34.9. The van der Waals surface area contributed by atoms with Gasteiger partial charge in [-0.25, -0.2) is 9.67 Å². The molecular weight excluding hydrogens is 817 g/mol. The molecule has 1 saturated heterocycles. The monoisotopic (exact) mass is 858 g/mol. The minimum atomic E-state index is -0.882. The number of aromatic nitrogens is 5. The summed E-state index contributed by atoms with van der Waals surface area (Å²) in [6.07, 6.45) is 1.70. The number of carbonyl (C=O) groups excluding carboxylic acids is 1. The number of pyridine rings is 2. The summed E-state index contributed by atoms with van der Waals surface area (Å²) in [6.45, 7) is 6.19. The van der Waals surface area contributed by atoms with Crippen LogP contribution in [0.5, 0.6) is 0 Å². The van der Waals surface area contributed by atoms with E-state index >= 15 is 0 Å². The number of carboxylic acid groups (broad SMARTS) is 2. The topological polar surface area (TPSA) is 170 Å². The van der Waals surface area contributed by atoms with Crippen molar-refractivity contribution < 1.29 is 66.2 Å². The average Bonchev–Trinajstić information content (AvgIpc) is 3.56. The van der Waals surface area contributed by atoms with Crippen LogP contribution in [0.1, 0.15) is 22.6 Å². The van der Waals surface area contributed by atoms with E-state index in [-0.39, 0.29) is 56.6 Å². The first-order chi connectivity index (χ1) is 24.3. The van der Waals surface area contributed by atoms with Crippen LogP contribution < -0.4 is 0 Å². The Hall–Kier alpha value is -3.86. The van der Waals surface area contributed by atoms with Gasteiger partial charge in [0.2, 0.25) is 0 Å². The molecule has 16 heteroatoms. The predicted octanol–water partition coefficient (Wildman–Crippen LogP) is 1.53. The number of rotatable bonds is 8. The Morgan fingerprint density at radius 3 is 1.90 bits per heavy atom. The molecule has 4 aromatic rings. The van der Waals surface area contributed by atoms with Crippen LogP contribution in [-0.2, 0) is 45.4 Å². The second kappa shape index (κ2) is 18.6. The van der Waals surface area contributed by atoms with Gasteiger partial charge in [-0.3, -0.25) is 39.0 Å². The van der Waals surface area contributed by atoms with E-state index < -0.39 is 11.9 Å². The van der Waals surface area contributed by atoms with E-state index in [4.69, 9.17) is 14.7 Å². The van der Waals surface area contributed by atoms with E-state index in [2.05, 4.69) is 20.1 Å². The van der Waals surface area contributed by atoms with Crippen molar-refractivity contribution >= 4 is 18.4 Å². The van der Waals surface area contributed by atoms with Crippen molar-refractivity contribution in [1.29, 1.82) is 0 Å². The first-order valence-electron chi connectivity index (χ1n) is 16.6. The molecule has 0 amide bonds. The third kappa shape index (κ3) is 11.1. The molecule has 0 spiro atoms. The molecule has 3 aliphatic rings. The number of fused-ring (bicyclic) bond motifs is 8. The number of nitrogens with zero attached hydrogens (tertiary/aromatic N) is 9. The molecule has 6 heterocycles. The molecule has 0 aliphatic carbocycles. The summed E-state index contributed by atoms with van der Waals surface area (Å²) in [6, 6.07) is 17.7. The number of carbonyl (C=O) groups is 3. The van der Waals surface area contributed by atoms with Crippen molar-refractivity contribution in [3.63, 3.8) is 0 Å². The summed E-state index contributed by atoms with van der Waals surface area (Å²) in [5.41, 5.74) is 6.63. The largest absolute Gasteiger partial charge is 0.480 e. The average molecular weight is 859 g/mol. The number of carboxylic acids is 2. The van der Waals surface area contributed by atoms with Gasteiger partial charge in [0.1, 0.15) is 12.3 Å². The molecule has 0 saturated carbocycles. The summed E-state index contributed by atoms with van der Waals surface area (Å²) in [7, 11) is 0. The number of hydrogen-bond donors (Lipinski definition) is 2. The van der Waals surface area contributed by atoms with Gasteiger partial charge >= 0.3 is 11.9 Å². The second-order valence-corrected chi connectivity index (χ2v) is 12.6. The Kier molecular flexibility index (Phi) is 14.0. The molecule has 6 bridgehead atoms. The van der Waals surface area contributed by atoms with Gasteiger partial charge in [0, 0.05) is 102 Å². The van der Waals surface area contributed by atoms with Gasteiger partial charge in [-0.1, -0.05) is 35.5 Å². The van der Waals surface area contributed by atoms with Crippen LogP contribution >= 0.6 is 0 Å². The molecule has 1 fully saturated rings. The van der Waals surface area contributed by atoms with E-state index in [1.165, 1.54) is 0 Å². The molecule has 3 aliphatic heterocycles. The molecule has 0 unspecified atom stereocenters. The Bertz CT molecular complexity index is 1760. The van der Waals surface area contributed by atoms with E-state index in [9.17, 15) is 24.6 Å². The van der Waals surface area contributed by atoms with Gasteiger partial charge < -0.3 is 14.9 Å². The van der Waals surface area contributed by atoms with Crippen molar-refractivity contribution in [1.82, 2.24) is 44.6 Å². The maximum absolute atomic E-state index is 11.9. The van der Waals surface area contributed by atoms with Crippen LogP contribution in [0.15, 0.2) is 60.8 Å². The van der Waals surface area contributed by atoms with Gasteiger partial charge in [-0.2, -0.15) is 0 Å². The van der Waals surface area contributed by atoms with Crippen molar-refractivity contribution in [2.24, 2.45) is 0 Å². The number of aliphatic carboxylic acids is 2. The normalized spacial score (nSPS) is 18.8. The fraction of sp³-hybridized carbons (Fsp3) is 0.400. The second-order valence-electron chi connectivity index (χ2n) is 12.6. The minimum Gasteiger partial charge on any atom is -0.480 e. The standard InChI is InChI=1S/C35H41N9O6.Lu/c45-25-50-24-26-4-6-27(7-5-26)28-16-30-20-41-10-14-42(22-34(46)47)12-8-40(9-13-43(15-11-41)23-35(48)49)19-29-2-1-3-32(38-29)33-18-36-39-44(33)21-31(17-28)37-30;/h1-7,16-18,25H,8-15,19-24H2,(H,46,47)(H,48,49);. The first kappa shape index (κ1) is 38.4. The predicted molar refractivity (Wildman–Crippen MR) is 182 cm³/mol. The van der Waals surface area contributed by atoms with E-state index in [1.807, 2.05) is 64.4 Å². The van der Waals surface area contributed by atoms with Gasteiger partial charge in [0.05, 0.1) is 48.6 Å². The number of hydrogen-bond acceptors (Lipinski definition) is 12. The quantitative estimate of drug-likeness (QED) is 0.245. The summed E-state index contributed by atoms with van der Waals surface area (Å²) in [5, 5.41) is 28.1. The van der Waals surface area contributed by atoms with Crippen molar-refractivity contribution in [3.8, 4) is 22.5 Å². The molecule has 7 rings (SSSR count). The third-order valence-electron chi connectivity index (χ3n) is 8.95. The zero-order valence-corrected chi connectivity index (χ0v) is 29.7. The van der Waals surface area contributed by atoms with Crippen LogP contribution in [0.4, 0.5) is 0 Å². The van der Waals surface area contributed by atoms with Crippen LogP contribution in [0, 0.1) is 36.9 Å². The molecular formula is C35H41LuN9O6. The van der Waals surface area contributed by atoms with Crippen molar-refractivity contribution in [2.75, 3.05) is 65.4 Å². The van der Waals surface area contributed by atoms with Crippen LogP contribution in [0.25, 0.3) is 22.5 Å². The fourth-order valence-electron chi connectivity index (χ4n) is 6.39. The maximum atomic E-state index is 11.9. The molecule has 15 nitrogen and oxygen atoms in total. The van der Waals surface area contributed by atoms with Gasteiger partial charge in [0.25, 0.3) is 6.47 Å². The summed E-state index contributed by atoms with van der Waals surface area (Å²) >= 11 is 0. The molecule has 1 aromatic carbocycles. The number of benzene rings is 1. The minimum absolute atomic E-state index is 0. The molecule has 2 N–H and O–H groups in total. The van der Waals surface area contributed by atoms with Crippen LogP contribution in [0.3, 0.4) is 0 Å². The molecule has 0 atom stereocenters. The summed E-state index contributed by atoms with van der Waals surface area (Å²) < 4.78 is 6.72. The Balaban J connectivity index is 0.00000504. The van der Waals surface area contributed by atoms with Crippen molar-refractivity contribution in [2.45, 2.75) is 26.2 Å². The fourth-order valence-corrected chi connectivity index (χ4v) is 6.39. The molecule has 1 radical (unpaired) electrons. The Morgan fingerprint density at radius 2 is 1.31 bits per heavy atom. The van der Waals surface area contributed by atoms with Crippen molar-refractivity contribution in [3.05, 3.63) is 83.4 Å². The Morgan fingerprint density at radius 1 is 0.725 bits per heavy atom. The first-order valence-corrected chi connectivity index (χ1v) is 16.6. The van der Waals surface area contributed by atoms with Gasteiger partial charge in [-0.05, 0) is 41.0 Å². The van der Waals surface area contributed by atoms with E-state index in [1.54, 1.807) is 10.9 Å². The molecule has 277 valence electrons. The zero-order valence-electron chi connectivity index (χ0n) is 28.1. The van der Waals surface area contributed by atoms with E-state index in [0.29, 0.717) is 84.2 Å². The van der Waals surface area contributed by atoms with E-state index in [0.717, 1.165) is 39.5 Å². The molecule has 3 aromatic heterocycles. The van der Waals surface area contributed by atoms with Crippen LogP contribution in [0.2, 0.25) is 0 Å². The summed E-state index contributed by atoms with van der Waals surface area (Å²) in [4.78, 5) is 52.9. The Labute approximate surface area is 325 Å². The maximum Gasteiger partial charge on any atom is 0.317 e. The van der Waals surface area contributed by atoms with Gasteiger partial charge in [0.15, 0.2) is 0 Å². The smallest absolute Gasteiger partial charge is 0.317 e. The molecule has 51 heavy (non-hydrogen) atoms. The number of ether oxygens (including phenoxy) is 1. The van der Waals surface area contributed by atoms with Crippen LogP contribution in [-0.4, -0.2) is 139 Å². The summed E-state index contributed by atoms with van der Waals surface area (Å²) in [5.74, 6) is -1.76.